The standard InChI is InChI=1S/C11H17N3OS/c1-7-8(2)15-9(13-7)5-12-10-14-11(3,4)6-16-10/h5-6H2,1-4H3,(H,12,14). The Bertz CT molecular complexity index is 403. The molecule has 0 bridgehead atoms. The maximum atomic E-state index is 5.47. The van der Waals surface area contributed by atoms with Crippen LogP contribution in [-0.2, 0) is 6.54 Å². The van der Waals surface area contributed by atoms with E-state index in [1.165, 1.54) is 0 Å². The van der Waals surface area contributed by atoms with Gasteiger partial charge in [-0.05, 0) is 27.7 Å². The van der Waals surface area contributed by atoms with Crippen molar-refractivity contribution in [2.75, 3.05) is 5.75 Å². The summed E-state index contributed by atoms with van der Waals surface area (Å²) in [5.41, 5.74) is 1.09. The lowest BCUT2D eigenvalue weighted by Crippen LogP contribution is -2.36. The number of thioether (sulfide) groups is 1. The molecule has 0 radical (unpaired) electrons. The van der Waals surface area contributed by atoms with Crippen molar-refractivity contribution in [1.82, 2.24) is 10.3 Å². The molecule has 0 aromatic carbocycles. The minimum atomic E-state index is 0.145. The molecule has 1 aromatic rings. The van der Waals surface area contributed by atoms with Crippen LogP contribution in [0.5, 0.6) is 0 Å². The van der Waals surface area contributed by atoms with Crippen LogP contribution in [0.25, 0.3) is 0 Å². The molecule has 0 saturated carbocycles. The summed E-state index contributed by atoms with van der Waals surface area (Å²) in [6.45, 7) is 8.72. The van der Waals surface area contributed by atoms with E-state index in [2.05, 4.69) is 29.1 Å². The number of nitrogens with one attached hydrogen (secondary N) is 1. The van der Waals surface area contributed by atoms with Gasteiger partial charge in [0.1, 0.15) is 12.3 Å². The Hall–Kier alpha value is -0.970. The van der Waals surface area contributed by atoms with Crippen LogP contribution in [0.15, 0.2) is 9.41 Å². The molecule has 0 spiro atoms. The number of nitrogens with zero attached hydrogens (tertiary/aromatic N) is 2. The molecule has 1 saturated heterocycles. The van der Waals surface area contributed by atoms with Crippen molar-refractivity contribution in [2.24, 2.45) is 4.99 Å². The van der Waals surface area contributed by atoms with Crippen molar-refractivity contribution in [3.05, 3.63) is 17.3 Å². The smallest absolute Gasteiger partial charge is 0.216 e. The number of aromatic nitrogens is 1. The lowest BCUT2D eigenvalue weighted by molar-refractivity contribution is 0.472. The fourth-order valence-corrected chi connectivity index (χ4v) is 2.52. The molecule has 1 N–H and O–H groups in total. The zero-order valence-corrected chi connectivity index (χ0v) is 10.9. The van der Waals surface area contributed by atoms with E-state index in [0.717, 1.165) is 22.4 Å². The minimum absolute atomic E-state index is 0.145. The fraction of sp³-hybridized carbons (Fsp3) is 0.636. The van der Waals surface area contributed by atoms with Crippen LogP contribution in [0.3, 0.4) is 0 Å². The van der Waals surface area contributed by atoms with Crippen LogP contribution in [0.4, 0.5) is 0 Å². The van der Waals surface area contributed by atoms with Crippen molar-refractivity contribution >= 4 is 16.9 Å². The topological polar surface area (TPSA) is 50.4 Å². The van der Waals surface area contributed by atoms with E-state index in [0.29, 0.717) is 12.4 Å². The fourth-order valence-electron chi connectivity index (χ4n) is 1.44. The normalized spacial score (nSPS) is 21.4. The Kier molecular flexibility index (Phi) is 2.97. The molecule has 0 aliphatic carbocycles. The zero-order valence-electron chi connectivity index (χ0n) is 10.1. The molecule has 0 atom stereocenters. The highest BCUT2D eigenvalue weighted by molar-refractivity contribution is 8.14. The van der Waals surface area contributed by atoms with Crippen molar-refractivity contribution in [3.8, 4) is 0 Å². The number of hydrogen-bond donors (Lipinski definition) is 1. The second-order valence-corrected chi connectivity index (χ2v) is 5.63. The van der Waals surface area contributed by atoms with Crippen LogP contribution in [0, 0.1) is 13.8 Å². The Labute approximate surface area is 99.9 Å². The molecule has 4 nitrogen and oxygen atoms in total. The van der Waals surface area contributed by atoms with E-state index < -0.39 is 0 Å². The molecule has 2 rings (SSSR count). The van der Waals surface area contributed by atoms with Gasteiger partial charge in [-0.3, -0.25) is 4.99 Å². The summed E-state index contributed by atoms with van der Waals surface area (Å²) in [4.78, 5) is 8.75. The summed E-state index contributed by atoms with van der Waals surface area (Å²) in [5.74, 6) is 2.62. The van der Waals surface area contributed by atoms with E-state index in [9.17, 15) is 0 Å². The van der Waals surface area contributed by atoms with Crippen molar-refractivity contribution in [2.45, 2.75) is 39.8 Å². The van der Waals surface area contributed by atoms with Crippen molar-refractivity contribution in [3.63, 3.8) is 0 Å². The Balaban J connectivity index is 1.99. The summed E-state index contributed by atoms with van der Waals surface area (Å²) >= 11 is 1.75. The van der Waals surface area contributed by atoms with E-state index in [1.807, 2.05) is 13.8 Å². The molecule has 2 heterocycles. The van der Waals surface area contributed by atoms with Gasteiger partial charge in [0.25, 0.3) is 0 Å². The van der Waals surface area contributed by atoms with Gasteiger partial charge in [-0.25, -0.2) is 4.98 Å². The quantitative estimate of drug-likeness (QED) is 0.860. The Morgan fingerprint density at radius 1 is 1.50 bits per heavy atom. The highest BCUT2D eigenvalue weighted by Crippen LogP contribution is 2.22. The zero-order chi connectivity index (χ0) is 11.8. The number of hydrogen-bond acceptors (Lipinski definition) is 4. The van der Waals surface area contributed by atoms with Gasteiger partial charge in [0.2, 0.25) is 5.89 Å². The van der Waals surface area contributed by atoms with Crippen LogP contribution in [0.2, 0.25) is 0 Å². The molecule has 5 heteroatoms. The van der Waals surface area contributed by atoms with E-state index in [4.69, 9.17) is 4.42 Å². The first kappa shape index (κ1) is 11.5. The average molecular weight is 239 g/mol. The van der Waals surface area contributed by atoms with Gasteiger partial charge in [0, 0.05) is 11.3 Å². The molecule has 0 amide bonds. The molecule has 1 aliphatic rings. The van der Waals surface area contributed by atoms with Gasteiger partial charge < -0.3 is 9.73 Å². The predicted molar refractivity (Wildman–Crippen MR) is 66.8 cm³/mol. The number of rotatable bonds is 2. The largest absolute Gasteiger partial charge is 0.444 e. The first-order chi connectivity index (χ1) is 7.46. The summed E-state index contributed by atoms with van der Waals surface area (Å²) in [7, 11) is 0. The van der Waals surface area contributed by atoms with Gasteiger partial charge in [-0.2, -0.15) is 0 Å². The molecule has 16 heavy (non-hydrogen) atoms. The van der Waals surface area contributed by atoms with Gasteiger partial charge in [0.15, 0.2) is 5.17 Å². The Morgan fingerprint density at radius 2 is 2.25 bits per heavy atom. The summed E-state index contributed by atoms with van der Waals surface area (Å²) in [6.07, 6.45) is 0. The van der Waals surface area contributed by atoms with Crippen LogP contribution < -0.4 is 5.32 Å². The maximum Gasteiger partial charge on any atom is 0.216 e. The third kappa shape index (κ3) is 2.58. The number of amidine groups is 1. The number of oxazole rings is 1. The first-order valence-corrected chi connectivity index (χ1v) is 6.33. The number of aryl methyl sites for hydroxylation is 2. The summed E-state index contributed by atoms with van der Waals surface area (Å²) in [6, 6.07) is 0. The second-order valence-electron chi connectivity index (χ2n) is 4.67. The SMILES string of the molecule is Cc1nc(CN=C2NC(C)(C)CS2)oc1C. The van der Waals surface area contributed by atoms with Crippen LogP contribution in [0.1, 0.15) is 31.2 Å². The second kappa shape index (κ2) is 4.13. The van der Waals surface area contributed by atoms with E-state index in [1.54, 1.807) is 11.8 Å². The monoisotopic (exact) mass is 239 g/mol. The molecular weight excluding hydrogens is 222 g/mol. The molecule has 1 fully saturated rings. The molecule has 1 aromatic heterocycles. The predicted octanol–water partition coefficient (Wildman–Crippen LogP) is 2.26. The summed E-state index contributed by atoms with van der Waals surface area (Å²) in [5, 5.41) is 4.35. The minimum Gasteiger partial charge on any atom is -0.444 e. The van der Waals surface area contributed by atoms with Crippen LogP contribution in [-0.4, -0.2) is 21.4 Å². The van der Waals surface area contributed by atoms with Gasteiger partial charge in [-0.1, -0.05) is 11.8 Å². The third-order valence-electron chi connectivity index (χ3n) is 2.45. The van der Waals surface area contributed by atoms with Crippen molar-refractivity contribution in [1.29, 1.82) is 0 Å². The Morgan fingerprint density at radius 3 is 2.75 bits per heavy atom. The summed E-state index contributed by atoms with van der Waals surface area (Å²) < 4.78 is 5.47. The maximum absolute atomic E-state index is 5.47. The average Bonchev–Trinajstić information content (AvgIpc) is 2.68. The third-order valence-corrected chi connectivity index (χ3v) is 3.82. The van der Waals surface area contributed by atoms with Gasteiger partial charge in [0.05, 0.1) is 5.69 Å². The molecule has 1 aliphatic heterocycles. The highest BCUT2D eigenvalue weighted by atomic mass is 32.2. The van der Waals surface area contributed by atoms with Gasteiger partial charge >= 0.3 is 0 Å². The lowest BCUT2D eigenvalue weighted by Gasteiger charge is -2.15. The van der Waals surface area contributed by atoms with E-state index >= 15 is 0 Å². The highest BCUT2D eigenvalue weighted by Gasteiger charge is 2.27. The van der Waals surface area contributed by atoms with Crippen LogP contribution >= 0.6 is 11.8 Å². The lowest BCUT2D eigenvalue weighted by atomic mass is 10.1. The molecule has 0 unspecified atom stereocenters. The number of aliphatic imine (C=N–C) groups is 1. The first-order valence-electron chi connectivity index (χ1n) is 5.35. The van der Waals surface area contributed by atoms with Crippen molar-refractivity contribution < 1.29 is 4.42 Å². The van der Waals surface area contributed by atoms with Gasteiger partial charge in [-0.15, -0.1) is 0 Å². The molecular formula is C11H17N3OS. The van der Waals surface area contributed by atoms with E-state index in [-0.39, 0.29) is 5.54 Å². The molecule has 88 valence electrons.